The Balaban J connectivity index is 1.67. The van der Waals surface area contributed by atoms with Gasteiger partial charge in [0, 0.05) is 33.5 Å². The summed E-state index contributed by atoms with van der Waals surface area (Å²) < 4.78 is 16.0. The van der Waals surface area contributed by atoms with Crippen molar-refractivity contribution >= 4 is 39.5 Å². The van der Waals surface area contributed by atoms with Gasteiger partial charge in [-0.25, -0.2) is 9.59 Å². The summed E-state index contributed by atoms with van der Waals surface area (Å²) in [4.78, 5) is 36.6. The third-order valence-electron chi connectivity index (χ3n) is 4.83. The van der Waals surface area contributed by atoms with E-state index in [-0.39, 0.29) is 28.8 Å². The van der Waals surface area contributed by atoms with E-state index in [0.717, 1.165) is 12.8 Å². The van der Waals surface area contributed by atoms with Crippen molar-refractivity contribution in [3.63, 3.8) is 0 Å². The fourth-order valence-corrected chi connectivity index (χ4v) is 3.41. The summed E-state index contributed by atoms with van der Waals surface area (Å²) in [6.07, 6.45) is 1.65. The van der Waals surface area contributed by atoms with Crippen LogP contribution in [0.3, 0.4) is 0 Å². The van der Waals surface area contributed by atoms with Crippen molar-refractivity contribution in [2.45, 2.75) is 12.8 Å². The third kappa shape index (κ3) is 3.32. The molecular formula is C22H13ClO6. The maximum absolute atomic E-state index is 12.6. The molecule has 5 rings (SSSR count). The Kier molecular flexibility index (Phi) is 4.03. The number of hydrogen-bond acceptors (Lipinski definition) is 6. The molecule has 0 aliphatic heterocycles. The third-order valence-corrected chi connectivity index (χ3v) is 5.06. The Morgan fingerprint density at radius 1 is 0.931 bits per heavy atom. The molecule has 6 nitrogen and oxygen atoms in total. The molecule has 1 fully saturated rings. The summed E-state index contributed by atoms with van der Waals surface area (Å²) in [6, 6.07) is 12.5. The molecule has 1 aliphatic rings. The predicted octanol–water partition coefficient (Wildman–Crippen LogP) is 4.54. The van der Waals surface area contributed by atoms with Gasteiger partial charge in [-0.1, -0.05) is 11.6 Å². The largest absolute Gasteiger partial charge is 0.426 e. The molecule has 0 unspecified atom stereocenters. The Morgan fingerprint density at radius 2 is 1.76 bits per heavy atom. The zero-order valence-corrected chi connectivity index (χ0v) is 15.7. The number of fused-ring (bicyclic) bond motifs is 2. The minimum Gasteiger partial charge on any atom is -0.426 e. The highest BCUT2D eigenvalue weighted by atomic mass is 35.5. The first-order valence-electron chi connectivity index (χ1n) is 9.01. The first-order chi connectivity index (χ1) is 14.0. The number of esters is 1. The molecule has 4 aromatic rings. The molecule has 1 saturated carbocycles. The lowest BCUT2D eigenvalue weighted by atomic mass is 10.0. The van der Waals surface area contributed by atoms with Crippen LogP contribution in [0.1, 0.15) is 12.8 Å². The number of rotatable bonds is 3. The van der Waals surface area contributed by atoms with Crippen LogP contribution in [0, 0.1) is 5.92 Å². The zero-order chi connectivity index (χ0) is 20.1. The molecular weight excluding hydrogens is 396 g/mol. The van der Waals surface area contributed by atoms with Crippen LogP contribution in [0.4, 0.5) is 0 Å². The van der Waals surface area contributed by atoms with Gasteiger partial charge in [-0.05, 0) is 49.2 Å². The molecule has 144 valence electrons. The van der Waals surface area contributed by atoms with E-state index in [4.69, 9.17) is 25.2 Å². The zero-order valence-electron chi connectivity index (χ0n) is 14.9. The van der Waals surface area contributed by atoms with Crippen molar-refractivity contribution in [1.29, 1.82) is 0 Å². The van der Waals surface area contributed by atoms with E-state index in [1.54, 1.807) is 36.4 Å². The van der Waals surface area contributed by atoms with Gasteiger partial charge < -0.3 is 13.6 Å². The van der Waals surface area contributed by atoms with Crippen molar-refractivity contribution in [3.05, 3.63) is 74.4 Å². The number of benzene rings is 2. The maximum Gasteiger partial charge on any atom is 0.344 e. The summed E-state index contributed by atoms with van der Waals surface area (Å²) in [5, 5.41) is 1.64. The quantitative estimate of drug-likeness (QED) is 0.281. The molecule has 7 heteroatoms. The number of hydrogen-bond donors (Lipinski definition) is 0. The summed E-state index contributed by atoms with van der Waals surface area (Å²) in [7, 11) is 0. The van der Waals surface area contributed by atoms with Gasteiger partial charge in [0.15, 0.2) is 0 Å². The first-order valence-corrected chi connectivity index (χ1v) is 9.39. The van der Waals surface area contributed by atoms with Gasteiger partial charge in [0.05, 0.1) is 11.5 Å². The van der Waals surface area contributed by atoms with Gasteiger partial charge in [0.2, 0.25) is 0 Å². The predicted molar refractivity (Wildman–Crippen MR) is 107 cm³/mol. The monoisotopic (exact) mass is 408 g/mol. The SMILES string of the molecule is O=C(Oc1ccc2c(-c3cc4cc(Cl)ccc4oc3=O)cc(=O)oc2c1)C1CC1. The average molecular weight is 409 g/mol. The summed E-state index contributed by atoms with van der Waals surface area (Å²) in [5.41, 5.74) is -0.0454. The van der Waals surface area contributed by atoms with E-state index in [1.807, 2.05) is 0 Å². The standard InChI is InChI=1S/C22H13ClO6/c23-13-3-6-18-12(7-13)8-17(22(26)29-18)16-10-20(24)28-19-9-14(4-5-15(16)19)27-21(25)11-1-2-11/h3-11H,1-2H2. The van der Waals surface area contributed by atoms with E-state index < -0.39 is 11.3 Å². The van der Waals surface area contributed by atoms with E-state index >= 15 is 0 Å². The van der Waals surface area contributed by atoms with Crippen LogP contribution in [0.15, 0.2) is 67.0 Å². The van der Waals surface area contributed by atoms with Crippen LogP contribution >= 0.6 is 11.6 Å². The van der Waals surface area contributed by atoms with Crippen molar-refractivity contribution < 1.29 is 18.4 Å². The van der Waals surface area contributed by atoms with Crippen molar-refractivity contribution in [3.8, 4) is 16.9 Å². The molecule has 0 spiro atoms. The van der Waals surface area contributed by atoms with E-state index in [1.165, 1.54) is 12.1 Å². The number of carbonyl (C=O) groups is 1. The lowest BCUT2D eigenvalue weighted by Gasteiger charge is -2.08. The molecule has 0 N–H and O–H groups in total. The second kappa shape index (κ2) is 6.60. The Hall–Kier alpha value is -3.38. The van der Waals surface area contributed by atoms with Crippen molar-refractivity contribution in [2.24, 2.45) is 5.92 Å². The Morgan fingerprint density at radius 3 is 2.55 bits per heavy atom. The smallest absolute Gasteiger partial charge is 0.344 e. The van der Waals surface area contributed by atoms with Gasteiger partial charge in [-0.2, -0.15) is 0 Å². The highest BCUT2D eigenvalue weighted by Crippen LogP contribution is 2.33. The molecule has 0 atom stereocenters. The minimum atomic E-state index is -0.635. The Bertz CT molecular complexity index is 1410. The molecule has 0 radical (unpaired) electrons. The topological polar surface area (TPSA) is 86.7 Å². The molecule has 29 heavy (non-hydrogen) atoms. The summed E-state index contributed by atoms with van der Waals surface area (Å²) >= 11 is 6.04. The van der Waals surface area contributed by atoms with Crippen LogP contribution in [0.2, 0.25) is 5.02 Å². The number of ether oxygens (including phenoxy) is 1. The first kappa shape index (κ1) is 17.7. The van der Waals surface area contributed by atoms with Gasteiger partial charge in [-0.3, -0.25) is 4.79 Å². The van der Waals surface area contributed by atoms with Crippen LogP contribution < -0.4 is 16.0 Å². The fourth-order valence-electron chi connectivity index (χ4n) is 3.23. The maximum atomic E-state index is 12.6. The highest BCUT2D eigenvalue weighted by Gasteiger charge is 2.31. The van der Waals surface area contributed by atoms with Crippen LogP contribution in [0.5, 0.6) is 5.75 Å². The average Bonchev–Trinajstić information content (AvgIpc) is 3.52. The van der Waals surface area contributed by atoms with E-state index in [2.05, 4.69) is 0 Å². The van der Waals surface area contributed by atoms with Crippen LogP contribution in [0.25, 0.3) is 33.1 Å². The van der Waals surface area contributed by atoms with Gasteiger partial charge >= 0.3 is 17.2 Å². The molecule has 2 aromatic carbocycles. The molecule has 1 aliphatic carbocycles. The minimum absolute atomic E-state index is 0.0573. The number of carbonyl (C=O) groups excluding carboxylic acids is 1. The van der Waals surface area contributed by atoms with Crippen molar-refractivity contribution in [2.75, 3.05) is 0 Å². The molecule has 0 amide bonds. The summed E-state index contributed by atoms with van der Waals surface area (Å²) in [5.74, 6) is -0.0694. The van der Waals surface area contributed by atoms with Gasteiger partial charge in [0.25, 0.3) is 0 Å². The normalized spacial score (nSPS) is 13.7. The second-order valence-corrected chi connectivity index (χ2v) is 7.40. The summed E-state index contributed by atoms with van der Waals surface area (Å²) in [6.45, 7) is 0. The fraction of sp³-hybridized carbons (Fsp3) is 0.136. The van der Waals surface area contributed by atoms with E-state index in [9.17, 15) is 14.4 Å². The molecule has 0 bridgehead atoms. The molecule has 2 aromatic heterocycles. The molecule has 0 saturated heterocycles. The lowest BCUT2D eigenvalue weighted by Crippen LogP contribution is -2.10. The number of halogens is 1. The van der Waals surface area contributed by atoms with Crippen molar-refractivity contribution in [1.82, 2.24) is 0 Å². The molecule has 2 heterocycles. The Labute approximate surface area is 168 Å². The lowest BCUT2D eigenvalue weighted by molar-refractivity contribution is -0.135. The van der Waals surface area contributed by atoms with E-state index in [0.29, 0.717) is 26.9 Å². The van der Waals surface area contributed by atoms with Gasteiger partial charge in [0.1, 0.15) is 16.9 Å². The van der Waals surface area contributed by atoms with Crippen LogP contribution in [-0.4, -0.2) is 5.97 Å². The highest BCUT2D eigenvalue weighted by molar-refractivity contribution is 6.31. The second-order valence-electron chi connectivity index (χ2n) is 6.96. The van der Waals surface area contributed by atoms with Crippen LogP contribution in [-0.2, 0) is 4.79 Å². The van der Waals surface area contributed by atoms with Gasteiger partial charge in [-0.15, -0.1) is 0 Å².